The van der Waals surface area contributed by atoms with E-state index in [1.165, 1.54) is 0 Å². The van der Waals surface area contributed by atoms with E-state index in [1.54, 1.807) is 18.2 Å². The zero-order valence-electron chi connectivity index (χ0n) is 11.0. The maximum Gasteiger partial charge on any atom is 0.339 e. The third kappa shape index (κ3) is 2.37. The third-order valence-electron chi connectivity index (χ3n) is 3.88. The smallest absolute Gasteiger partial charge is 0.339 e. The lowest BCUT2D eigenvalue weighted by Gasteiger charge is -2.39. The van der Waals surface area contributed by atoms with Gasteiger partial charge < -0.3 is 19.5 Å². The van der Waals surface area contributed by atoms with Crippen LogP contribution in [0.1, 0.15) is 23.2 Å². The van der Waals surface area contributed by atoms with E-state index in [0.29, 0.717) is 32.0 Å². The predicted octanol–water partition coefficient (Wildman–Crippen LogP) is 2.38. The number of carbonyl (C=O) groups is 1. The number of nitrogens with zero attached hydrogens (tertiary/aromatic N) is 1. The van der Waals surface area contributed by atoms with Crippen LogP contribution in [0.15, 0.2) is 18.2 Å². The molecule has 0 atom stereocenters. The monoisotopic (exact) mass is 297 g/mol. The predicted molar refractivity (Wildman–Crippen MR) is 74.5 cm³/mol. The van der Waals surface area contributed by atoms with Crippen LogP contribution in [0.3, 0.4) is 0 Å². The second-order valence-corrected chi connectivity index (χ2v) is 5.44. The van der Waals surface area contributed by atoms with Gasteiger partial charge in [0, 0.05) is 25.9 Å². The fraction of sp³-hybridized carbons (Fsp3) is 0.500. The minimum absolute atomic E-state index is 0.165. The Balaban J connectivity index is 1.81. The Labute approximate surface area is 122 Å². The molecule has 0 bridgehead atoms. The van der Waals surface area contributed by atoms with Crippen molar-refractivity contribution in [3.63, 3.8) is 0 Å². The standard InChI is InChI=1S/C14H16ClNO4/c15-10-2-1-3-11(12(10)13(17)18)16-6-4-14(5-7-16)19-8-9-20-14/h1-3H,4-9H2,(H,17,18). The molecule has 0 radical (unpaired) electrons. The topological polar surface area (TPSA) is 59.0 Å². The van der Waals surface area contributed by atoms with Crippen molar-refractivity contribution in [1.82, 2.24) is 0 Å². The number of ether oxygens (including phenoxy) is 2. The molecule has 20 heavy (non-hydrogen) atoms. The SMILES string of the molecule is O=C(O)c1c(Cl)cccc1N1CCC2(CC1)OCCO2. The Morgan fingerprint density at radius 3 is 2.50 bits per heavy atom. The molecule has 5 nitrogen and oxygen atoms in total. The number of hydrogen-bond acceptors (Lipinski definition) is 4. The van der Waals surface area contributed by atoms with Gasteiger partial charge in [0.1, 0.15) is 5.56 Å². The summed E-state index contributed by atoms with van der Waals surface area (Å²) in [7, 11) is 0. The zero-order valence-corrected chi connectivity index (χ0v) is 11.7. The lowest BCUT2D eigenvalue weighted by Crippen LogP contribution is -2.45. The number of rotatable bonds is 2. The quantitative estimate of drug-likeness (QED) is 0.908. The Morgan fingerprint density at radius 2 is 1.90 bits per heavy atom. The fourth-order valence-corrected chi connectivity index (χ4v) is 3.11. The summed E-state index contributed by atoms with van der Waals surface area (Å²) in [6.45, 7) is 2.66. The summed E-state index contributed by atoms with van der Waals surface area (Å²) in [5.41, 5.74) is 0.830. The highest BCUT2D eigenvalue weighted by atomic mass is 35.5. The van der Waals surface area contributed by atoms with Crippen molar-refractivity contribution < 1.29 is 19.4 Å². The highest BCUT2D eigenvalue weighted by Gasteiger charge is 2.40. The molecule has 6 heteroatoms. The number of piperidine rings is 1. The van der Waals surface area contributed by atoms with Gasteiger partial charge >= 0.3 is 5.97 Å². The van der Waals surface area contributed by atoms with Crippen molar-refractivity contribution >= 4 is 23.3 Å². The highest BCUT2D eigenvalue weighted by molar-refractivity contribution is 6.34. The molecule has 2 saturated heterocycles. The number of halogens is 1. The minimum atomic E-state index is -1.00. The molecule has 2 aliphatic heterocycles. The van der Waals surface area contributed by atoms with E-state index in [-0.39, 0.29) is 10.6 Å². The van der Waals surface area contributed by atoms with Crippen LogP contribution in [0.2, 0.25) is 5.02 Å². The lowest BCUT2D eigenvalue weighted by atomic mass is 10.0. The van der Waals surface area contributed by atoms with Crippen molar-refractivity contribution in [3.8, 4) is 0 Å². The molecular formula is C14H16ClNO4. The van der Waals surface area contributed by atoms with E-state index in [9.17, 15) is 9.90 Å². The first-order valence-corrected chi connectivity index (χ1v) is 7.04. The Kier molecular flexibility index (Phi) is 3.58. The van der Waals surface area contributed by atoms with Gasteiger partial charge in [-0.3, -0.25) is 0 Å². The number of hydrogen-bond donors (Lipinski definition) is 1. The summed E-state index contributed by atoms with van der Waals surface area (Å²) in [5.74, 6) is -1.46. The van der Waals surface area contributed by atoms with Gasteiger partial charge in [0.05, 0.1) is 23.9 Å². The van der Waals surface area contributed by atoms with E-state index >= 15 is 0 Å². The Hall–Kier alpha value is -1.30. The third-order valence-corrected chi connectivity index (χ3v) is 4.20. The van der Waals surface area contributed by atoms with Crippen LogP contribution in [0.25, 0.3) is 0 Å². The number of carboxylic acids is 1. The van der Waals surface area contributed by atoms with Crippen molar-refractivity contribution in [1.29, 1.82) is 0 Å². The summed E-state index contributed by atoms with van der Waals surface area (Å²) >= 11 is 6.01. The first-order chi connectivity index (χ1) is 9.61. The van der Waals surface area contributed by atoms with E-state index in [4.69, 9.17) is 21.1 Å². The first kappa shape index (κ1) is 13.7. The van der Waals surface area contributed by atoms with Gasteiger partial charge in [0.25, 0.3) is 0 Å². The summed E-state index contributed by atoms with van der Waals surface area (Å²) in [6.07, 6.45) is 1.47. The molecule has 1 aromatic carbocycles. The number of carboxylic acid groups (broad SMARTS) is 1. The second-order valence-electron chi connectivity index (χ2n) is 5.03. The Morgan fingerprint density at radius 1 is 1.25 bits per heavy atom. The molecule has 0 saturated carbocycles. The maximum absolute atomic E-state index is 11.4. The number of benzene rings is 1. The second kappa shape index (κ2) is 5.24. The van der Waals surface area contributed by atoms with Crippen molar-refractivity contribution in [3.05, 3.63) is 28.8 Å². The van der Waals surface area contributed by atoms with Crippen LogP contribution >= 0.6 is 11.6 Å². The molecule has 2 aliphatic rings. The zero-order chi connectivity index (χ0) is 14.2. The molecule has 2 fully saturated rings. The lowest BCUT2D eigenvalue weighted by molar-refractivity contribution is -0.169. The molecule has 1 N–H and O–H groups in total. The molecule has 1 spiro atoms. The van der Waals surface area contributed by atoms with Crippen molar-refractivity contribution in [2.24, 2.45) is 0 Å². The molecule has 0 aliphatic carbocycles. The highest BCUT2D eigenvalue weighted by Crippen LogP contribution is 2.35. The molecule has 0 unspecified atom stereocenters. The molecule has 3 rings (SSSR count). The van der Waals surface area contributed by atoms with E-state index in [2.05, 4.69) is 0 Å². The molecule has 0 aromatic heterocycles. The van der Waals surface area contributed by atoms with Crippen LogP contribution in [-0.2, 0) is 9.47 Å². The molecular weight excluding hydrogens is 282 g/mol. The molecule has 0 amide bonds. The van der Waals surface area contributed by atoms with Gasteiger partial charge in [-0.15, -0.1) is 0 Å². The van der Waals surface area contributed by atoms with Gasteiger partial charge in [-0.2, -0.15) is 0 Å². The van der Waals surface area contributed by atoms with Gasteiger partial charge in [0.15, 0.2) is 5.79 Å². The summed E-state index contributed by atoms with van der Waals surface area (Å²) in [5, 5.41) is 9.59. The van der Waals surface area contributed by atoms with Crippen molar-refractivity contribution in [2.75, 3.05) is 31.2 Å². The van der Waals surface area contributed by atoms with Crippen LogP contribution in [0, 0.1) is 0 Å². The van der Waals surface area contributed by atoms with Gasteiger partial charge in [-0.1, -0.05) is 17.7 Å². The van der Waals surface area contributed by atoms with E-state index in [0.717, 1.165) is 12.8 Å². The van der Waals surface area contributed by atoms with Crippen LogP contribution in [0.5, 0.6) is 0 Å². The summed E-state index contributed by atoms with van der Waals surface area (Å²) < 4.78 is 11.4. The summed E-state index contributed by atoms with van der Waals surface area (Å²) in [6, 6.07) is 5.17. The normalized spacial score (nSPS) is 21.4. The van der Waals surface area contributed by atoms with E-state index in [1.807, 2.05) is 4.90 Å². The number of aromatic carboxylic acids is 1. The van der Waals surface area contributed by atoms with E-state index < -0.39 is 11.8 Å². The Bertz CT molecular complexity index is 518. The van der Waals surface area contributed by atoms with Crippen LogP contribution < -0.4 is 4.90 Å². The van der Waals surface area contributed by atoms with Crippen LogP contribution in [-0.4, -0.2) is 43.2 Å². The van der Waals surface area contributed by atoms with Crippen molar-refractivity contribution in [2.45, 2.75) is 18.6 Å². The first-order valence-electron chi connectivity index (χ1n) is 6.66. The molecule has 1 aromatic rings. The van der Waals surface area contributed by atoms with Gasteiger partial charge in [0.2, 0.25) is 0 Å². The largest absolute Gasteiger partial charge is 0.478 e. The summed E-state index contributed by atoms with van der Waals surface area (Å²) in [4.78, 5) is 13.4. The minimum Gasteiger partial charge on any atom is -0.478 e. The van der Waals surface area contributed by atoms with Gasteiger partial charge in [-0.05, 0) is 12.1 Å². The van der Waals surface area contributed by atoms with Crippen LogP contribution in [0.4, 0.5) is 5.69 Å². The maximum atomic E-state index is 11.4. The van der Waals surface area contributed by atoms with Gasteiger partial charge in [-0.25, -0.2) is 4.79 Å². The fourth-order valence-electron chi connectivity index (χ4n) is 2.86. The average molecular weight is 298 g/mol. The number of anilines is 1. The average Bonchev–Trinajstić information content (AvgIpc) is 2.87. The molecule has 2 heterocycles. The molecule has 108 valence electrons.